The molecule has 3 aromatic rings. The Morgan fingerprint density at radius 1 is 1.20 bits per heavy atom. The van der Waals surface area contributed by atoms with Crippen LogP contribution in [-0.2, 0) is 14.8 Å². The zero-order valence-corrected chi connectivity index (χ0v) is 24.8. The zero-order valence-electron chi connectivity index (χ0n) is 24.0. The fraction of sp³-hybridized carbons (Fsp3) is 0.429. The fourth-order valence-electron chi connectivity index (χ4n) is 4.51. The lowest BCUT2D eigenvalue weighted by Gasteiger charge is -2.21. The molecule has 13 heteroatoms. The molecule has 12 nitrogen and oxygen atoms in total. The van der Waals surface area contributed by atoms with Crippen LogP contribution in [0.3, 0.4) is 0 Å². The highest BCUT2D eigenvalue weighted by Gasteiger charge is 2.30. The highest BCUT2D eigenvalue weighted by Crippen LogP contribution is 2.36. The summed E-state index contributed by atoms with van der Waals surface area (Å²) in [6.07, 6.45) is 1.72. The van der Waals surface area contributed by atoms with Crippen molar-refractivity contribution in [3.8, 4) is 17.3 Å². The molecular formula is C28H35N5O7S. The van der Waals surface area contributed by atoms with E-state index in [1.165, 1.54) is 10.7 Å². The number of hydrogen-bond acceptors (Lipinski definition) is 8. The number of sulfonamides is 1. The van der Waals surface area contributed by atoms with Crippen molar-refractivity contribution in [2.45, 2.75) is 70.9 Å². The Labute approximate surface area is 239 Å². The van der Waals surface area contributed by atoms with Crippen LogP contribution in [0, 0.1) is 30.9 Å². The van der Waals surface area contributed by atoms with Gasteiger partial charge in [-0.05, 0) is 77.6 Å². The van der Waals surface area contributed by atoms with Crippen molar-refractivity contribution in [3.05, 3.63) is 68.9 Å². The first-order valence-electron chi connectivity index (χ1n) is 13.2. The van der Waals surface area contributed by atoms with Crippen LogP contribution in [0.25, 0.3) is 5.69 Å². The maximum absolute atomic E-state index is 13.4. The summed E-state index contributed by atoms with van der Waals surface area (Å²) in [5.74, 6) is -0.493. The number of ether oxygens (including phenoxy) is 2. The first-order chi connectivity index (χ1) is 19.2. The third-order valence-corrected chi connectivity index (χ3v) is 8.46. The number of nitrogens with one attached hydrogen (secondary N) is 2. The number of carbonyl (C=O) groups excluding carboxylic acids is 1. The minimum atomic E-state index is -4.26. The Balaban J connectivity index is 1.84. The molecule has 1 aromatic heterocycles. The van der Waals surface area contributed by atoms with Gasteiger partial charge in [-0.1, -0.05) is 12.1 Å². The van der Waals surface area contributed by atoms with Crippen LogP contribution >= 0.6 is 0 Å². The Kier molecular flexibility index (Phi) is 8.52. The molecule has 0 bridgehead atoms. The SMILES string of the molecule is Cc1cccc(-n2nc(C(=O)NCC3CCCO3)c(C)c2Oc2ccc([N+](=O)[O-])cc2S(=O)(=O)NC(C)(C)C)c1C. The normalized spacial score (nSPS) is 15.6. The number of rotatable bonds is 9. The second-order valence-corrected chi connectivity index (χ2v) is 12.8. The minimum absolute atomic E-state index is 0.0701. The molecular weight excluding hydrogens is 550 g/mol. The molecule has 4 rings (SSSR count). The smallest absolute Gasteiger partial charge is 0.272 e. The number of aryl methyl sites for hydroxylation is 1. The standard InChI is InChI=1S/C28H35N5O7S/c1-17-9-7-11-22(18(17)2)32-27(19(3)25(30-32)26(34)29-16-21-10-8-14-39-21)40-23-13-12-20(33(35)36)15-24(23)41(37,38)31-28(4,5)6/h7,9,11-13,15,21,31H,8,10,14,16H2,1-6H3,(H,29,34). The molecule has 220 valence electrons. The lowest BCUT2D eigenvalue weighted by Crippen LogP contribution is -2.40. The average molecular weight is 586 g/mol. The lowest BCUT2D eigenvalue weighted by molar-refractivity contribution is -0.385. The third-order valence-electron chi connectivity index (χ3n) is 6.68. The number of carbonyl (C=O) groups is 1. The average Bonchev–Trinajstić information content (AvgIpc) is 3.51. The Hall–Kier alpha value is -3.81. The van der Waals surface area contributed by atoms with Crippen LogP contribution in [0.5, 0.6) is 11.6 Å². The summed E-state index contributed by atoms with van der Waals surface area (Å²) in [5.41, 5.74) is 1.64. The van der Waals surface area contributed by atoms with E-state index in [1.54, 1.807) is 27.7 Å². The van der Waals surface area contributed by atoms with Crippen LogP contribution in [0.2, 0.25) is 0 Å². The number of nitro benzene ring substituents is 1. The van der Waals surface area contributed by atoms with Gasteiger partial charge in [0.1, 0.15) is 10.6 Å². The van der Waals surface area contributed by atoms with E-state index in [1.807, 2.05) is 32.0 Å². The molecule has 1 aliphatic heterocycles. The first kappa shape index (κ1) is 30.2. The van der Waals surface area contributed by atoms with Crippen molar-refractivity contribution in [1.82, 2.24) is 19.8 Å². The summed E-state index contributed by atoms with van der Waals surface area (Å²) >= 11 is 0. The Bertz CT molecular complexity index is 1590. The largest absolute Gasteiger partial charge is 0.437 e. The molecule has 0 aliphatic carbocycles. The molecule has 1 unspecified atom stereocenters. The van der Waals surface area contributed by atoms with E-state index in [0.29, 0.717) is 24.4 Å². The van der Waals surface area contributed by atoms with Gasteiger partial charge in [0, 0.05) is 36.4 Å². The van der Waals surface area contributed by atoms with Crippen LogP contribution in [0.1, 0.15) is 60.8 Å². The minimum Gasteiger partial charge on any atom is -0.437 e. The van der Waals surface area contributed by atoms with Crippen LogP contribution in [0.4, 0.5) is 5.69 Å². The fourth-order valence-corrected chi connectivity index (χ4v) is 6.07. The summed E-state index contributed by atoms with van der Waals surface area (Å²) < 4.78 is 42.6. The van der Waals surface area contributed by atoms with Gasteiger partial charge >= 0.3 is 0 Å². The summed E-state index contributed by atoms with van der Waals surface area (Å²) in [6, 6.07) is 8.92. The van der Waals surface area contributed by atoms with Gasteiger partial charge in [-0.25, -0.2) is 13.1 Å². The lowest BCUT2D eigenvalue weighted by atomic mass is 10.1. The highest BCUT2D eigenvalue weighted by molar-refractivity contribution is 7.89. The van der Waals surface area contributed by atoms with Crippen molar-refractivity contribution in [3.63, 3.8) is 0 Å². The van der Waals surface area contributed by atoms with Crippen molar-refractivity contribution < 1.29 is 27.6 Å². The number of hydrogen-bond donors (Lipinski definition) is 2. The monoisotopic (exact) mass is 585 g/mol. The molecule has 2 aromatic carbocycles. The predicted octanol–water partition coefficient (Wildman–Crippen LogP) is 4.48. The van der Waals surface area contributed by atoms with Gasteiger partial charge in [0.25, 0.3) is 11.6 Å². The van der Waals surface area contributed by atoms with Crippen molar-refractivity contribution in [2.75, 3.05) is 13.2 Å². The second kappa shape index (κ2) is 11.6. The molecule has 0 radical (unpaired) electrons. The van der Waals surface area contributed by atoms with Crippen LogP contribution in [-0.4, -0.2) is 53.8 Å². The molecule has 2 heterocycles. The Morgan fingerprint density at radius 2 is 1.93 bits per heavy atom. The van der Waals surface area contributed by atoms with Gasteiger partial charge in [0.05, 0.1) is 16.7 Å². The molecule has 41 heavy (non-hydrogen) atoms. The van der Waals surface area contributed by atoms with Gasteiger partial charge in [0.15, 0.2) is 5.69 Å². The van der Waals surface area contributed by atoms with Crippen molar-refractivity contribution in [1.29, 1.82) is 0 Å². The summed E-state index contributed by atoms with van der Waals surface area (Å²) in [5, 5.41) is 19.0. The topological polar surface area (TPSA) is 155 Å². The van der Waals surface area contributed by atoms with Crippen LogP contribution in [0.15, 0.2) is 41.3 Å². The van der Waals surface area contributed by atoms with E-state index in [2.05, 4.69) is 15.1 Å². The third kappa shape index (κ3) is 6.75. The molecule has 0 spiro atoms. The molecule has 2 N–H and O–H groups in total. The van der Waals surface area contributed by atoms with Gasteiger partial charge in [-0.3, -0.25) is 14.9 Å². The Morgan fingerprint density at radius 3 is 2.56 bits per heavy atom. The van der Waals surface area contributed by atoms with Gasteiger partial charge < -0.3 is 14.8 Å². The van der Waals surface area contributed by atoms with E-state index in [-0.39, 0.29) is 23.4 Å². The second-order valence-electron chi connectivity index (χ2n) is 11.1. The molecule has 1 amide bonds. The number of nitrogens with zero attached hydrogens (tertiary/aromatic N) is 3. The van der Waals surface area contributed by atoms with Crippen molar-refractivity contribution >= 4 is 21.6 Å². The van der Waals surface area contributed by atoms with E-state index < -0.39 is 37.0 Å². The number of non-ortho nitro benzene ring substituents is 1. The quantitative estimate of drug-likeness (QED) is 0.275. The number of nitro groups is 1. The summed E-state index contributed by atoms with van der Waals surface area (Å²) in [7, 11) is -4.26. The number of amides is 1. The first-order valence-corrected chi connectivity index (χ1v) is 14.7. The van der Waals surface area contributed by atoms with Gasteiger partial charge in [-0.2, -0.15) is 9.78 Å². The van der Waals surface area contributed by atoms with E-state index in [4.69, 9.17) is 9.47 Å². The van der Waals surface area contributed by atoms with Crippen molar-refractivity contribution in [2.24, 2.45) is 0 Å². The molecule has 1 atom stereocenters. The van der Waals surface area contributed by atoms with E-state index >= 15 is 0 Å². The summed E-state index contributed by atoms with van der Waals surface area (Å²) in [6.45, 7) is 11.4. The van der Waals surface area contributed by atoms with E-state index in [9.17, 15) is 23.3 Å². The maximum Gasteiger partial charge on any atom is 0.272 e. The molecule has 1 aliphatic rings. The number of aromatic nitrogens is 2. The van der Waals surface area contributed by atoms with Gasteiger partial charge in [-0.15, -0.1) is 0 Å². The highest BCUT2D eigenvalue weighted by atomic mass is 32.2. The van der Waals surface area contributed by atoms with Gasteiger partial charge in [0.2, 0.25) is 15.9 Å². The van der Waals surface area contributed by atoms with E-state index in [0.717, 1.165) is 36.1 Å². The maximum atomic E-state index is 13.4. The predicted molar refractivity (Wildman–Crippen MR) is 152 cm³/mol. The molecule has 1 saturated heterocycles. The molecule has 1 fully saturated rings. The zero-order chi connectivity index (χ0) is 30.1. The summed E-state index contributed by atoms with van der Waals surface area (Å²) in [4.78, 5) is 23.7. The van der Waals surface area contributed by atoms with Crippen LogP contribution < -0.4 is 14.8 Å². The number of benzene rings is 2. The molecule has 0 saturated carbocycles.